The number of aromatic nitrogens is 1. The number of anilines is 1. The summed E-state index contributed by atoms with van der Waals surface area (Å²) in [5.41, 5.74) is 1.22. The molecule has 0 radical (unpaired) electrons. The van der Waals surface area contributed by atoms with Crippen molar-refractivity contribution in [2.24, 2.45) is 5.92 Å². The molecule has 2 saturated heterocycles. The summed E-state index contributed by atoms with van der Waals surface area (Å²) in [5.74, 6) is 0.681. The first-order valence-electron chi connectivity index (χ1n) is 8.46. The number of rotatable bonds is 2. The largest absolute Gasteiger partial charge is 0.496 e. The fourth-order valence-corrected chi connectivity index (χ4v) is 3.41. The smallest absolute Gasteiger partial charge is 0.399 e. The number of pyridine rings is 1. The van der Waals surface area contributed by atoms with Crippen molar-refractivity contribution in [2.75, 3.05) is 18.0 Å². The monoisotopic (exact) mass is 336 g/mol. The van der Waals surface area contributed by atoms with Crippen LogP contribution in [0.3, 0.4) is 0 Å². The SMILES string of the molecule is CC1CCCN(c2cc(B3OC(C)(C)C(C)(C)O3)cnc2Cl)C1. The van der Waals surface area contributed by atoms with E-state index in [0.29, 0.717) is 11.1 Å². The second-order valence-electron chi connectivity index (χ2n) is 7.86. The maximum absolute atomic E-state index is 6.36. The van der Waals surface area contributed by atoms with E-state index in [-0.39, 0.29) is 11.2 Å². The molecular formula is C17H26BClN2O2. The lowest BCUT2D eigenvalue weighted by Gasteiger charge is -2.33. The van der Waals surface area contributed by atoms with Crippen LogP contribution in [0.1, 0.15) is 47.5 Å². The minimum Gasteiger partial charge on any atom is -0.399 e. The Kier molecular flexibility index (Phi) is 4.41. The average Bonchev–Trinajstić information content (AvgIpc) is 2.68. The van der Waals surface area contributed by atoms with Gasteiger partial charge in [-0.1, -0.05) is 18.5 Å². The summed E-state index contributed by atoms with van der Waals surface area (Å²) in [6, 6.07) is 2.08. The molecule has 2 aliphatic heterocycles. The Morgan fingerprint density at radius 2 is 1.91 bits per heavy atom. The molecule has 1 aromatic heterocycles. The fraction of sp³-hybridized carbons (Fsp3) is 0.706. The molecule has 1 unspecified atom stereocenters. The molecule has 6 heteroatoms. The van der Waals surface area contributed by atoms with E-state index in [1.54, 1.807) is 6.20 Å². The number of hydrogen-bond acceptors (Lipinski definition) is 4. The number of nitrogens with zero attached hydrogens (tertiary/aromatic N) is 2. The second kappa shape index (κ2) is 5.94. The van der Waals surface area contributed by atoms with Gasteiger partial charge in [0, 0.05) is 24.7 Å². The minimum atomic E-state index is -0.397. The van der Waals surface area contributed by atoms with E-state index >= 15 is 0 Å². The summed E-state index contributed by atoms with van der Waals surface area (Å²) in [5, 5.41) is 0.555. The molecule has 126 valence electrons. The van der Waals surface area contributed by atoms with Crippen molar-refractivity contribution >= 4 is 29.9 Å². The molecule has 0 aromatic carbocycles. The van der Waals surface area contributed by atoms with E-state index in [1.807, 2.05) is 0 Å². The Bertz CT molecular complexity index is 578. The van der Waals surface area contributed by atoms with Crippen LogP contribution >= 0.6 is 11.6 Å². The van der Waals surface area contributed by atoms with E-state index in [2.05, 4.69) is 50.6 Å². The van der Waals surface area contributed by atoms with Crippen LogP contribution in [0, 0.1) is 5.92 Å². The first kappa shape index (κ1) is 17.1. The third-order valence-electron chi connectivity index (χ3n) is 5.36. The standard InChI is InChI=1S/C17H26BClN2O2/c1-12-7-6-8-21(11-12)14-9-13(10-20-15(14)19)18-22-16(2,3)17(4,5)23-18/h9-10,12H,6-8,11H2,1-5H3. The van der Waals surface area contributed by atoms with E-state index in [4.69, 9.17) is 20.9 Å². The molecule has 0 spiro atoms. The summed E-state index contributed by atoms with van der Waals surface area (Å²) in [6.07, 6.45) is 4.23. The maximum Gasteiger partial charge on any atom is 0.496 e. The summed E-state index contributed by atoms with van der Waals surface area (Å²) in [7, 11) is -0.397. The van der Waals surface area contributed by atoms with E-state index in [1.165, 1.54) is 12.8 Å². The molecule has 1 atom stereocenters. The van der Waals surface area contributed by atoms with Gasteiger partial charge in [-0.05, 0) is 52.5 Å². The summed E-state index contributed by atoms with van der Waals surface area (Å²) < 4.78 is 12.3. The molecule has 2 fully saturated rings. The van der Waals surface area contributed by atoms with Crippen LogP contribution < -0.4 is 10.4 Å². The highest BCUT2D eigenvalue weighted by Gasteiger charge is 2.52. The van der Waals surface area contributed by atoms with Gasteiger partial charge in [0.1, 0.15) is 0 Å². The lowest BCUT2D eigenvalue weighted by atomic mass is 9.80. The molecule has 4 nitrogen and oxygen atoms in total. The minimum absolute atomic E-state index is 0.350. The van der Waals surface area contributed by atoms with Crippen LogP contribution in [0.15, 0.2) is 12.3 Å². The molecule has 1 aromatic rings. The van der Waals surface area contributed by atoms with Gasteiger partial charge in [0.05, 0.1) is 16.9 Å². The predicted octanol–water partition coefficient (Wildman–Crippen LogP) is 3.27. The quantitative estimate of drug-likeness (QED) is 0.613. The lowest BCUT2D eigenvalue weighted by Crippen LogP contribution is -2.41. The Labute approximate surface area is 144 Å². The van der Waals surface area contributed by atoms with Crippen LogP contribution in [0.25, 0.3) is 0 Å². The summed E-state index contributed by atoms with van der Waals surface area (Å²) in [4.78, 5) is 6.71. The Balaban J connectivity index is 1.87. The van der Waals surface area contributed by atoms with E-state index < -0.39 is 7.12 Å². The third kappa shape index (κ3) is 3.24. The fourth-order valence-electron chi connectivity index (χ4n) is 3.19. The van der Waals surface area contributed by atoms with Crippen molar-refractivity contribution < 1.29 is 9.31 Å². The molecule has 2 aliphatic rings. The number of hydrogen-bond donors (Lipinski definition) is 0. The van der Waals surface area contributed by atoms with Crippen LogP contribution in [0.4, 0.5) is 5.69 Å². The van der Waals surface area contributed by atoms with Gasteiger partial charge in [0.25, 0.3) is 0 Å². The zero-order valence-corrected chi connectivity index (χ0v) is 15.5. The van der Waals surface area contributed by atoms with Gasteiger partial charge in [-0.2, -0.15) is 0 Å². The van der Waals surface area contributed by atoms with Gasteiger partial charge in [-0.3, -0.25) is 0 Å². The van der Waals surface area contributed by atoms with Gasteiger partial charge in [0.2, 0.25) is 0 Å². The Morgan fingerprint density at radius 1 is 1.26 bits per heavy atom. The predicted molar refractivity (Wildman–Crippen MR) is 95.6 cm³/mol. The number of piperidine rings is 1. The molecule has 0 N–H and O–H groups in total. The molecule has 0 bridgehead atoms. The van der Waals surface area contributed by atoms with Crippen molar-refractivity contribution in [2.45, 2.75) is 58.7 Å². The van der Waals surface area contributed by atoms with E-state index in [9.17, 15) is 0 Å². The highest BCUT2D eigenvalue weighted by atomic mass is 35.5. The van der Waals surface area contributed by atoms with Crippen molar-refractivity contribution in [3.05, 3.63) is 17.4 Å². The topological polar surface area (TPSA) is 34.6 Å². The van der Waals surface area contributed by atoms with Crippen LogP contribution in [0.5, 0.6) is 0 Å². The van der Waals surface area contributed by atoms with Crippen LogP contribution in [-0.4, -0.2) is 36.4 Å². The van der Waals surface area contributed by atoms with Gasteiger partial charge in [0.15, 0.2) is 5.15 Å². The molecule has 23 heavy (non-hydrogen) atoms. The van der Waals surface area contributed by atoms with Crippen molar-refractivity contribution in [1.29, 1.82) is 0 Å². The molecule has 3 rings (SSSR count). The van der Waals surface area contributed by atoms with Crippen molar-refractivity contribution in [3.63, 3.8) is 0 Å². The first-order valence-corrected chi connectivity index (χ1v) is 8.83. The molecule has 0 saturated carbocycles. The zero-order chi connectivity index (χ0) is 16.8. The zero-order valence-electron chi connectivity index (χ0n) is 14.7. The Morgan fingerprint density at radius 3 is 2.52 bits per heavy atom. The normalized spacial score (nSPS) is 26.6. The number of halogens is 1. The highest BCUT2D eigenvalue weighted by Crippen LogP contribution is 2.37. The molecule has 3 heterocycles. The van der Waals surface area contributed by atoms with Crippen molar-refractivity contribution in [1.82, 2.24) is 4.98 Å². The Hall–Kier alpha value is -0.775. The first-order chi connectivity index (χ1) is 10.7. The van der Waals surface area contributed by atoms with Gasteiger partial charge < -0.3 is 14.2 Å². The lowest BCUT2D eigenvalue weighted by molar-refractivity contribution is 0.00578. The highest BCUT2D eigenvalue weighted by molar-refractivity contribution is 6.62. The second-order valence-corrected chi connectivity index (χ2v) is 8.22. The third-order valence-corrected chi connectivity index (χ3v) is 5.66. The van der Waals surface area contributed by atoms with Crippen LogP contribution in [0.2, 0.25) is 5.15 Å². The summed E-state index contributed by atoms with van der Waals surface area (Å²) in [6.45, 7) is 12.6. The molecule has 0 amide bonds. The molecular weight excluding hydrogens is 310 g/mol. The van der Waals surface area contributed by atoms with Crippen molar-refractivity contribution in [3.8, 4) is 0 Å². The van der Waals surface area contributed by atoms with Crippen LogP contribution in [-0.2, 0) is 9.31 Å². The summed E-state index contributed by atoms with van der Waals surface area (Å²) >= 11 is 6.36. The van der Waals surface area contributed by atoms with E-state index in [0.717, 1.165) is 24.2 Å². The maximum atomic E-state index is 6.36. The molecule has 0 aliphatic carbocycles. The van der Waals surface area contributed by atoms with Gasteiger partial charge >= 0.3 is 7.12 Å². The average molecular weight is 337 g/mol. The van der Waals surface area contributed by atoms with Gasteiger partial charge in [-0.25, -0.2) is 4.98 Å². The van der Waals surface area contributed by atoms with Gasteiger partial charge in [-0.15, -0.1) is 0 Å².